The number of thiocarbonyl (C=S) groups is 1. The van der Waals surface area contributed by atoms with Crippen molar-refractivity contribution in [2.75, 3.05) is 6.61 Å². The molecule has 1 saturated heterocycles. The van der Waals surface area contributed by atoms with Gasteiger partial charge in [-0.05, 0) is 26.1 Å². The SMILES string of the molecule is C=Cc1cccc2c1O[C@]1(C)NC(=S)N[C@@H]2[C@@H]1C(=O)OCC. The number of hydrogen-bond donors (Lipinski definition) is 2. The molecule has 1 aromatic rings. The first kappa shape index (κ1) is 14.8. The lowest BCUT2D eigenvalue weighted by Crippen LogP contribution is -2.70. The molecule has 0 aliphatic carbocycles. The molecule has 2 N–H and O–H groups in total. The van der Waals surface area contributed by atoms with E-state index in [0.717, 1.165) is 11.1 Å². The molecule has 0 amide bonds. The number of nitrogens with one attached hydrogen (secondary N) is 2. The van der Waals surface area contributed by atoms with Gasteiger partial charge in [0.25, 0.3) is 0 Å². The molecule has 3 atom stereocenters. The molecule has 0 unspecified atom stereocenters. The second kappa shape index (κ2) is 5.28. The smallest absolute Gasteiger partial charge is 0.317 e. The third-order valence-electron chi connectivity index (χ3n) is 4.06. The average molecular weight is 318 g/mol. The van der Waals surface area contributed by atoms with Gasteiger partial charge in [-0.3, -0.25) is 4.79 Å². The first-order valence-corrected chi connectivity index (χ1v) is 7.60. The van der Waals surface area contributed by atoms with E-state index in [0.29, 0.717) is 17.5 Å². The molecule has 0 spiro atoms. The fourth-order valence-electron chi connectivity index (χ4n) is 3.13. The highest BCUT2D eigenvalue weighted by atomic mass is 32.1. The lowest BCUT2D eigenvalue weighted by Gasteiger charge is -2.50. The third kappa shape index (κ3) is 2.14. The zero-order chi connectivity index (χ0) is 15.9. The van der Waals surface area contributed by atoms with Crippen molar-refractivity contribution in [2.45, 2.75) is 25.6 Å². The molecule has 0 radical (unpaired) electrons. The fraction of sp³-hybridized carbons (Fsp3) is 0.375. The molecule has 2 heterocycles. The number of benzene rings is 1. The number of esters is 1. The summed E-state index contributed by atoms with van der Waals surface area (Å²) < 4.78 is 11.4. The summed E-state index contributed by atoms with van der Waals surface area (Å²) in [6, 6.07) is 5.48. The molecule has 2 bridgehead atoms. The van der Waals surface area contributed by atoms with Crippen LogP contribution in [0.2, 0.25) is 0 Å². The zero-order valence-corrected chi connectivity index (χ0v) is 13.3. The highest BCUT2D eigenvalue weighted by molar-refractivity contribution is 7.80. The summed E-state index contributed by atoms with van der Waals surface area (Å²) in [5.41, 5.74) is 0.815. The molecule has 1 fully saturated rings. The van der Waals surface area contributed by atoms with Crippen molar-refractivity contribution < 1.29 is 14.3 Å². The summed E-state index contributed by atoms with van der Waals surface area (Å²) in [6.45, 7) is 7.74. The van der Waals surface area contributed by atoms with Crippen LogP contribution in [0, 0.1) is 5.92 Å². The quantitative estimate of drug-likeness (QED) is 0.658. The molecule has 2 aliphatic heterocycles. The Hall–Kier alpha value is -2.08. The monoisotopic (exact) mass is 318 g/mol. The Kier molecular flexibility index (Phi) is 3.56. The number of hydrogen-bond acceptors (Lipinski definition) is 4. The van der Waals surface area contributed by atoms with Crippen LogP contribution in [0.4, 0.5) is 0 Å². The van der Waals surface area contributed by atoms with Crippen molar-refractivity contribution in [2.24, 2.45) is 5.92 Å². The van der Waals surface area contributed by atoms with Gasteiger partial charge in [0.1, 0.15) is 11.7 Å². The molecule has 0 aromatic heterocycles. The van der Waals surface area contributed by atoms with Crippen LogP contribution in [-0.4, -0.2) is 23.4 Å². The van der Waals surface area contributed by atoms with Gasteiger partial charge in [-0.15, -0.1) is 0 Å². The normalized spacial score (nSPS) is 28.5. The summed E-state index contributed by atoms with van der Waals surface area (Å²) in [5, 5.41) is 6.70. The molecule has 2 aliphatic rings. The second-order valence-corrected chi connectivity index (χ2v) is 5.89. The predicted octanol–water partition coefficient (Wildman–Crippen LogP) is 2.14. The molecule has 6 heteroatoms. The van der Waals surface area contributed by atoms with Gasteiger partial charge < -0.3 is 20.1 Å². The maximum Gasteiger partial charge on any atom is 0.317 e. The molecule has 22 heavy (non-hydrogen) atoms. The summed E-state index contributed by atoms with van der Waals surface area (Å²) in [4.78, 5) is 12.4. The van der Waals surface area contributed by atoms with Crippen molar-refractivity contribution in [3.8, 4) is 5.75 Å². The number of fused-ring (bicyclic) bond motifs is 4. The summed E-state index contributed by atoms with van der Waals surface area (Å²) in [5.74, 6) is -0.132. The average Bonchev–Trinajstić information content (AvgIpc) is 2.45. The summed E-state index contributed by atoms with van der Waals surface area (Å²) in [6.07, 6.45) is 1.74. The predicted molar refractivity (Wildman–Crippen MR) is 87.3 cm³/mol. The number of ether oxygens (including phenoxy) is 2. The topological polar surface area (TPSA) is 59.6 Å². The maximum atomic E-state index is 12.4. The van der Waals surface area contributed by atoms with Gasteiger partial charge in [0.15, 0.2) is 10.8 Å². The van der Waals surface area contributed by atoms with E-state index in [9.17, 15) is 4.79 Å². The second-order valence-electron chi connectivity index (χ2n) is 5.48. The van der Waals surface area contributed by atoms with Crippen LogP contribution in [0.5, 0.6) is 5.75 Å². The van der Waals surface area contributed by atoms with Crippen molar-refractivity contribution >= 4 is 29.4 Å². The van der Waals surface area contributed by atoms with Crippen LogP contribution >= 0.6 is 12.2 Å². The van der Waals surface area contributed by atoms with Crippen molar-refractivity contribution in [1.82, 2.24) is 10.6 Å². The lowest BCUT2D eigenvalue weighted by atomic mass is 9.80. The Morgan fingerprint density at radius 2 is 2.36 bits per heavy atom. The Labute approximate surface area is 134 Å². The van der Waals surface area contributed by atoms with Crippen LogP contribution in [-0.2, 0) is 9.53 Å². The standard InChI is InChI=1S/C16H18N2O3S/c1-4-9-7-6-8-10-12-11(14(19)20-5-2)16(3,21-13(9)10)18-15(22)17-12/h4,6-8,11-12H,1,5H2,2-3H3,(H2,17,18,22)/t11-,12+,16+/m1/s1. The van der Waals surface area contributed by atoms with E-state index in [4.69, 9.17) is 21.7 Å². The first-order chi connectivity index (χ1) is 10.5. The molecular formula is C16H18N2O3S. The van der Waals surface area contributed by atoms with Crippen LogP contribution in [0.25, 0.3) is 6.08 Å². The van der Waals surface area contributed by atoms with Crippen molar-refractivity contribution in [3.05, 3.63) is 35.9 Å². The Bertz CT molecular complexity index is 661. The molecule has 116 valence electrons. The highest BCUT2D eigenvalue weighted by Crippen LogP contribution is 2.46. The van der Waals surface area contributed by atoms with Gasteiger partial charge in [0, 0.05) is 11.1 Å². The highest BCUT2D eigenvalue weighted by Gasteiger charge is 2.55. The molecule has 3 rings (SSSR count). The van der Waals surface area contributed by atoms with Crippen molar-refractivity contribution in [3.63, 3.8) is 0 Å². The lowest BCUT2D eigenvalue weighted by molar-refractivity contribution is -0.162. The van der Waals surface area contributed by atoms with Crippen LogP contribution in [0.3, 0.4) is 0 Å². The largest absolute Gasteiger partial charge is 0.466 e. The minimum atomic E-state index is -0.953. The van der Waals surface area contributed by atoms with Gasteiger partial charge in [0.2, 0.25) is 0 Å². The first-order valence-electron chi connectivity index (χ1n) is 7.20. The van der Waals surface area contributed by atoms with Gasteiger partial charge in [-0.2, -0.15) is 0 Å². The summed E-state index contributed by atoms with van der Waals surface area (Å²) in [7, 11) is 0. The fourth-order valence-corrected chi connectivity index (χ4v) is 3.46. The van der Waals surface area contributed by atoms with Gasteiger partial charge >= 0.3 is 5.97 Å². The Morgan fingerprint density at radius 1 is 1.59 bits per heavy atom. The Morgan fingerprint density at radius 3 is 3.05 bits per heavy atom. The number of carbonyl (C=O) groups excluding carboxylic acids is 1. The molecule has 5 nitrogen and oxygen atoms in total. The van der Waals surface area contributed by atoms with Crippen LogP contribution in [0.15, 0.2) is 24.8 Å². The third-order valence-corrected chi connectivity index (χ3v) is 4.28. The van der Waals surface area contributed by atoms with Crippen LogP contribution < -0.4 is 15.4 Å². The van der Waals surface area contributed by atoms with Crippen LogP contribution in [0.1, 0.15) is 31.0 Å². The molecule has 1 aromatic carbocycles. The van der Waals surface area contributed by atoms with E-state index >= 15 is 0 Å². The number of rotatable bonds is 3. The number of para-hydroxylation sites is 1. The Balaban J connectivity index is 2.14. The van der Waals surface area contributed by atoms with E-state index in [1.807, 2.05) is 25.1 Å². The van der Waals surface area contributed by atoms with Gasteiger partial charge in [-0.25, -0.2) is 0 Å². The number of carbonyl (C=O) groups is 1. The summed E-state index contributed by atoms with van der Waals surface area (Å²) >= 11 is 5.25. The van der Waals surface area contributed by atoms with Gasteiger partial charge in [-0.1, -0.05) is 30.9 Å². The van der Waals surface area contributed by atoms with E-state index in [1.54, 1.807) is 13.0 Å². The van der Waals surface area contributed by atoms with E-state index < -0.39 is 11.6 Å². The van der Waals surface area contributed by atoms with Crippen molar-refractivity contribution in [1.29, 1.82) is 0 Å². The minimum absolute atomic E-state index is 0.290. The van der Waals surface area contributed by atoms with E-state index in [1.165, 1.54) is 0 Å². The van der Waals surface area contributed by atoms with Gasteiger partial charge in [0.05, 0.1) is 12.6 Å². The van der Waals surface area contributed by atoms with E-state index in [2.05, 4.69) is 17.2 Å². The molecular weight excluding hydrogens is 300 g/mol. The zero-order valence-electron chi connectivity index (χ0n) is 12.5. The van der Waals surface area contributed by atoms with E-state index in [-0.39, 0.29) is 12.0 Å². The minimum Gasteiger partial charge on any atom is -0.466 e. The molecule has 0 saturated carbocycles. The maximum absolute atomic E-state index is 12.4.